The van der Waals surface area contributed by atoms with Gasteiger partial charge in [-0.15, -0.1) is 0 Å². The largest absolute Gasteiger partial charge is 0.476 e. The van der Waals surface area contributed by atoms with Crippen molar-refractivity contribution in [2.45, 2.75) is 58.2 Å². The normalized spacial score (nSPS) is 18.0. The van der Waals surface area contributed by atoms with E-state index < -0.39 is 11.7 Å². The fourth-order valence-electron chi connectivity index (χ4n) is 4.89. The molecule has 204 valence electrons. The molecule has 1 aliphatic carbocycles. The molecule has 1 saturated carbocycles. The summed E-state index contributed by atoms with van der Waals surface area (Å²) >= 11 is 0. The van der Waals surface area contributed by atoms with Gasteiger partial charge in [-0.3, -0.25) is 9.59 Å². The third-order valence-electron chi connectivity index (χ3n) is 6.79. The van der Waals surface area contributed by atoms with Crippen molar-refractivity contribution >= 4 is 22.8 Å². The van der Waals surface area contributed by atoms with Crippen LogP contribution in [-0.4, -0.2) is 53.8 Å². The molecule has 2 amide bonds. The quantitative estimate of drug-likeness (QED) is 0.357. The highest BCUT2D eigenvalue weighted by atomic mass is 19.1. The summed E-state index contributed by atoms with van der Waals surface area (Å²) in [6.45, 7) is 4.78. The number of hydrogen-bond acceptors (Lipinski definition) is 6. The van der Waals surface area contributed by atoms with E-state index in [0.29, 0.717) is 30.2 Å². The minimum atomic E-state index is -0.488. The Hall–Kier alpha value is -4.35. The van der Waals surface area contributed by atoms with Crippen molar-refractivity contribution in [2.24, 2.45) is 10.9 Å². The van der Waals surface area contributed by atoms with Crippen LogP contribution in [0.15, 0.2) is 54.2 Å². The fraction of sp³-hybridized carbons (Fsp3) is 0.407. The van der Waals surface area contributed by atoms with Crippen molar-refractivity contribution in [3.63, 3.8) is 0 Å². The van der Waals surface area contributed by atoms with Crippen molar-refractivity contribution < 1.29 is 18.7 Å². The van der Waals surface area contributed by atoms with Gasteiger partial charge in [-0.05, 0) is 63.8 Å². The summed E-state index contributed by atoms with van der Waals surface area (Å²) < 4.78 is 22.9. The zero-order valence-corrected chi connectivity index (χ0v) is 21.9. The summed E-state index contributed by atoms with van der Waals surface area (Å²) in [5.74, 6) is -0.452. The van der Waals surface area contributed by atoms with Crippen LogP contribution >= 0.6 is 0 Å². The summed E-state index contributed by atoms with van der Waals surface area (Å²) in [4.78, 5) is 41.5. The average Bonchev–Trinajstić information content (AvgIpc) is 3.56. The molecule has 0 radical (unpaired) electrons. The number of carbonyl (C=O) groups excluding carboxylic acids is 2. The van der Waals surface area contributed by atoms with E-state index in [1.54, 1.807) is 17.2 Å². The molecule has 0 spiro atoms. The predicted octanol–water partition coefficient (Wildman–Crippen LogP) is 3.17. The number of H-pyrrole nitrogens is 1. The Bertz CT molecular complexity index is 1500. The number of rotatable bonds is 8. The van der Waals surface area contributed by atoms with Gasteiger partial charge in [-0.25, -0.2) is 19.0 Å². The Kier molecular flexibility index (Phi) is 7.80. The lowest BCUT2D eigenvalue weighted by Crippen LogP contribution is -2.38. The van der Waals surface area contributed by atoms with Crippen LogP contribution in [0, 0.1) is 11.7 Å². The lowest BCUT2D eigenvalue weighted by Gasteiger charge is -2.29. The smallest absolute Gasteiger partial charge is 0.280 e. The zero-order valence-electron chi connectivity index (χ0n) is 21.9. The maximum Gasteiger partial charge on any atom is 0.280 e. The highest BCUT2D eigenvalue weighted by Crippen LogP contribution is 2.33. The molecular weight excluding hydrogens is 503 g/mol. The maximum atomic E-state index is 13.4. The second-order valence-corrected chi connectivity index (χ2v) is 9.96. The summed E-state index contributed by atoms with van der Waals surface area (Å²) in [7, 11) is 0. The molecule has 0 unspecified atom stereocenters. The molecule has 1 aliphatic rings. The Balaban J connectivity index is 1.45. The van der Waals surface area contributed by atoms with Crippen LogP contribution in [0.2, 0.25) is 0 Å². The van der Waals surface area contributed by atoms with Crippen LogP contribution in [0.3, 0.4) is 0 Å². The molecule has 1 fully saturated rings. The van der Waals surface area contributed by atoms with Gasteiger partial charge in [-0.2, -0.15) is 10.1 Å². The molecule has 1 aromatic carbocycles. The number of carbonyl (C=O) groups is 2. The van der Waals surface area contributed by atoms with Gasteiger partial charge in [0.1, 0.15) is 25.1 Å². The van der Waals surface area contributed by atoms with Gasteiger partial charge in [0, 0.05) is 29.6 Å². The van der Waals surface area contributed by atoms with E-state index in [-0.39, 0.29) is 29.5 Å². The van der Waals surface area contributed by atoms with Crippen LogP contribution in [-0.2, 0) is 11.3 Å². The number of ether oxygens (including phenoxy) is 1. The highest BCUT2D eigenvalue weighted by molar-refractivity contribution is 5.94. The van der Waals surface area contributed by atoms with Gasteiger partial charge >= 0.3 is 0 Å². The molecule has 3 heterocycles. The maximum absolute atomic E-state index is 13.4. The van der Waals surface area contributed by atoms with Gasteiger partial charge in [0.15, 0.2) is 0 Å². The number of nitrogens with zero attached hydrogens (tertiary/aromatic N) is 6. The van der Waals surface area contributed by atoms with Crippen LogP contribution in [0.25, 0.3) is 11.0 Å². The van der Waals surface area contributed by atoms with Crippen molar-refractivity contribution in [1.29, 1.82) is 0 Å². The molecule has 0 aliphatic heterocycles. The number of pyridine rings is 1. The van der Waals surface area contributed by atoms with Crippen LogP contribution in [0.1, 0.15) is 55.9 Å². The van der Waals surface area contributed by atoms with E-state index in [0.717, 1.165) is 31.2 Å². The molecule has 0 atom stereocenters. The third-order valence-corrected chi connectivity index (χ3v) is 6.79. The van der Waals surface area contributed by atoms with E-state index in [1.165, 1.54) is 30.6 Å². The number of nitrogens with one attached hydrogen (secondary N) is 2. The molecule has 3 aromatic heterocycles. The van der Waals surface area contributed by atoms with Crippen molar-refractivity contribution in [3.05, 3.63) is 66.2 Å². The lowest BCUT2D eigenvalue weighted by atomic mass is 9.85. The number of imidazole rings is 1. The van der Waals surface area contributed by atoms with E-state index in [9.17, 15) is 14.0 Å². The molecule has 2 N–H and O–H groups in total. The highest BCUT2D eigenvalue weighted by Gasteiger charge is 2.29. The Morgan fingerprint density at radius 3 is 2.67 bits per heavy atom. The number of halogens is 1. The minimum absolute atomic E-state index is 0.00650. The van der Waals surface area contributed by atoms with E-state index in [1.807, 2.05) is 24.5 Å². The summed E-state index contributed by atoms with van der Waals surface area (Å²) in [5, 5.41) is 7.08. The third kappa shape index (κ3) is 6.21. The van der Waals surface area contributed by atoms with Gasteiger partial charge < -0.3 is 19.6 Å². The first-order chi connectivity index (χ1) is 18.9. The fourth-order valence-corrected chi connectivity index (χ4v) is 4.89. The summed E-state index contributed by atoms with van der Waals surface area (Å²) in [6.07, 6.45) is 7.66. The number of aromatic amines is 1. The van der Waals surface area contributed by atoms with Gasteiger partial charge in [0.05, 0.1) is 23.8 Å². The average molecular weight is 535 g/mol. The molecule has 12 heteroatoms. The molecular formula is C27H31FN8O3. The first kappa shape index (κ1) is 26.3. The van der Waals surface area contributed by atoms with Crippen molar-refractivity contribution in [2.75, 3.05) is 6.61 Å². The number of hydrogen-bond donors (Lipinski definition) is 2. The minimum Gasteiger partial charge on any atom is -0.476 e. The van der Waals surface area contributed by atoms with Crippen molar-refractivity contribution in [3.8, 4) is 5.88 Å². The first-order valence-electron chi connectivity index (χ1n) is 13.1. The van der Waals surface area contributed by atoms with Crippen LogP contribution in [0.5, 0.6) is 5.88 Å². The Morgan fingerprint density at radius 1 is 1.21 bits per heavy atom. The van der Waals surface area contributed by atoms with Gasteiger partial charge in [0.25, 0.3) is 5.91 Å². The Morgan fingerprint density at radius 2 is 1.97 bits per heavy atom. The van der Waals surface area contributed by atoms with Crippen LogP contribution in [0.4, 0.5) is 4.39 Å². The molecule has 5 rings (SSSR count). The molecule has 4 aromatic rings. The zero-order chi connectivity index (χ0) is 27.4. The molecule has 11 nitrogen and oxygen atoms in total. The monoisotopic (exact) mass is 534 g/mol. The second-order valence-electron chi connectivity index (χ2n) is 9.96. The predicted molar refractivity (Wildman–Crippen MR) is 140 cm³/mol. The summed E-state index contributed by atoms with van der Waals surface area (Å²) in [6, 6.07) is 7.22. The van der Waals surface area contributed by atoms with Crippen LogP contribution < -0.4 is 15.7 Å². The van der Waals surface area contributed by atoms with E-state index >= 15 is 0 Å². The Labute approximate surface area is 224 Å². The molecule has 0 bridgehead atoms. The number of benzene rings is 1. The van der Waals surface area contributed by atoms with E-state index in [2.05, 4.69) is 30.4 Å². The lowest BCUT2D eigenvalue weighted by molar-refractivity contribution is -0.126. The van der Waals surface area contributed by atoms with Crippen molar-refractivity contribution in [1.82, 2.24) is 34.6 Å². The van der Waals surface area contributed by atoms with Gasteiger partial charge in [0.2, 0.25) is 17.4 Å². The number of amides is 2. The SMILES string of the molecule is CC(C)NC(=O)[C@H]1CC[C@@H](n2/c(=N/C(=O)c3ccc(F)cc3)[nH]c3cnc(OCCn4cncn4)cc32)CC1. The molecule has 39 heavy (non-hydrogen) atoms. The van der Waals surface area contributed by atoms with Gasteiger partial charge in [-0.1, -0.05) is 0 Å². The van der Waals surface area contributed by atoms with E-state index in [4.69, 9.17) is 4.74 Å². The molecule has 0 saturated heterocycles. The topological polar surface area (TPSA) is 132 Å². The standard InChI is InChI=1S/C27H31FN8O3/c1-17(2)32-25(37)19-5-9-21(10-6-19)36-23-13-24(39-12-11-35-16-29-15-31-35)30-14-22(23)33-27(36)34-26(38)18-3-7-20(28)8-4-18/h3-4,7-8,13-17,19,21H,5-6,9-12H2,1-2H3,(H,32,37)(H,33,34,38)/t19-,21+. The number of fused-ring (bicyclic) bond motifs is 1. The second kappa shape index (κ2) is 11.6. The first-order valence-corrected chi connectivity index (χ1v) is 13.1. The summed E-state index contributed by atoms with van der Waals surface area (Å²) in [5.41, 5.74) is 2.15. The number of aromatic nitrogens is 6.